The van der Waals surface area contributed by atoms with Crippen molar-refractivity contribution in [2.24, 2.45) is 0 Å². The van der Waals surface area contributed by atoms with E-state index in [-0.39, 0.29) is 0 Å². The molecule has 0 atom stereocenters. The Labute approximate surface area is 263 Å². The van der Waals surface area contributed by atoms with Crippen molar-refractivity contribution in [2.45, 2.75) is 6.92 Å². The van der Waals surface area contributed by atoms with E-state index in [1.807, 2.05) is 18.2 Å². The first-order valence-electron chi connectivity index (χ1n) is 15.4. The van der Waals surface area contributed by atoms with Crippen molar-refractivity contribution in [3.63, 3.8) is 0 Å². The van der Waals surface area contributed by atoms with Crippen LogP contribution in [0.4, 0.5) is 5.69 Å². The first kappa shape index (κ1) is 26.7. The van der Waals surface area contributed by atoms with E-state index in [1.165, 1.54) is 60.8 Å². The summed E-state index contributed by atoms with van der Waals surface area (Å²) in [5.74, 6) is 0. The lowest BCUT2D eigenvalue weighted by Gasteiger charge is -2.10. The van der Waals surface area contributed by atoms with Gasteiger partial charge in [-0.1, -0.05) is 133 Å². The first-order chi connectivity index (χ1) is 22.1. The molecule has 0 amide bonds. The molecule has 2 heteroatoms. The third kappa shape index (κ3) is 4.87. The summed E-state index contributed by atoms with van der Waals surface area (Å²) >= 11 is 0. The van der Waals surface area contributed by atoms with Gasteiger partial charge in [-0.3, -0.25) is 0 Å². The summed E-state index contributed by atoms with van der Waals surface area (Å²) in [5, 5.41) is 2.51. The highest BCUT2D eigenvalue weighted by Gasteiger charge is 2.13. The quantitative estimate of drug-likeness (QED) is 0.203. The van der Waals surface area contributed by atoms with Gasteiger partial charge in [0, 0.05) is 27.7 Å². The molecule has 2 nitrogen and oxygen atoms in total. The Kier molecular flexibility index (Phi) is 6.54. The summed E-state index contributed by atoms with van der Waals surface area (Å²) in [7, 11) is 0. The van der Waals surface area contributed by atoms with E-state index in [1.54, 1.807) is 0 Å². The number of fused-ring (bicyclic) bond motifs is 3. The van der Waals surface area contributed by atoms with Crippen LogP contribution in [0.1, 0.15) is 5.56 Å². The second-order valence-corrected chi connectivity index (χ2v) is 11.7. The lowest BCUT2D eigenvalue weighted by atomic mass is 9.97. The second-order valence-electron chi connectivity index (χ2n) is 11.7. The van der Waals surface area contributed by atoms with Gasteiger partial charge in [-0.15, -0.1) is 0 Å². The number of nitrogens with two attached hydrogens (primary N) is 1. The minimum absolute atomic E-state index is 0.797. The summed E-state index contributed by atoms with van der Waals surface area (Å²) < 4.78 is 2.38. The molecule has 8 rings (SSSR count). The molecule has 1 aromatic heterocycles. The van der Waals surface area contributed by atoms with Gasteiger partial charge in [0.2, 0.25) is 0 Å². The summed E-state index contributed by atoms with van der Waals surface area (Å²) in [6.45, 7) is 2.12. The molecule has 0 aliphatic rings. The van der Waals surface area contributed by atoms with Crippen LogP contribution in [0, 0.1) is 6.92 Å². The Morgan fingerprint density at radius 1 is 0.400 bits per heavy atom. The highest BCUT2D eigenvalue weighted by molar-refractivity contribution is 6.10. The number of anilines is 1. The van der Waals surface area contributed by atoms with Crippen molar-refractivity contribution < 1.29 is 0 Å². The molecule has 0 aliphatic carbocycles. The number of aromatic nitrogens is 1. The molecule has 214 valence electrons. The van der Waals surface area contributed by atoms with Crippen molar-refractivity contribution in [3.05, 3.63) is 169 Å². The Balaban J connectivity index is 1.12. The fourth-order valence-corrected chi connectivity index (χ4v) is 6.44. The molecule has 0 radical (unpaired) electrons. The monoisotopic (exact) mass is 576 g/mol. The molecule has 1 heterocycles. The van der Waals surface area contributed by atoms with E-state index in [0.29, 0.717) is 0 Å². The van der Waals surface area contributed by atoms with Gasteiger partial charge in [0.25, 0.3) is 0 Å². The van der Waals surface area contributed by atoms with Gasteiger partial charge in [0.1, 0.15) is 0 Å². The number of hydrogen-bond donors (Lipinski definition) is 1. The Bertz CT molecular complexity index is 2290. The van der Waals surface area contributed by atoms with Crippen LogP contribution < -0.4 is 5.73 Å². The fraction of sp³-hybridized carbons (Fsp3) is 0.0233. The molecule has 2 N–H and O–H groups in total. The van der Waals surface area contributed by atoms with E-state index < -0.39 is 0 Å². The van der Waals surface area contributed by atoms with Crippen LogP contribution in [0.2, 0.25) is 0 Å². The minimum atomic E-state index is 0.797. The molecule has 0 fully saturated rings. The standard InChI is InChI=1S/C43H32N2/c1-29-10-12-30(13-11-29)33-22-25-37(26-23-33)45-42-9-5-3-7-39(42)40-28-36(24-27-43(40)45)34-16-14-31(15-17-34)32-18-20-35(21-19-32)38-6-2-4-8-41(38)44/h2-28H,44H2,1H3. The average Bonchev–Trinajstić information content (AvgIpc) is 3.43. The summed E-state index contributed by atoms with van der Waals surface area (Å²) in [6.07, 6.45) is 0. The van der Waals surface area contributed by atoms with Gasteiger partial charge in [0.15, 0.2) is 0 Å². The first-order valence-corrected chi connectivity index (χ1v) is 15.4. The molecule has 8 aromatic rings. The van der Waals surface area contributed by atoms with Gasteiger partial charge in [0.05, 0.1) is 11.0 Å². The highest BCUT2D eigenvalue weighted by Crippen LogP contribution is 2.36. The van der Waals surface area contributed by atoms with Gasteiger partial charge in [-0.05, 0) is 82.3 Å². The molecular weight excluding hydrogens is 544 g/mol. The van der Waals surface area contributed by atoms with Crippen LogP contribution in [0.3, 0.4) is 0 Å². The van der Waals surface area contributed by atoms with E-state index in [2.05, 4.69) is 157 Å². The zero-order chi connectivity index (χ0) is 30.3. The molecule has 0 saturated heterocycles. The van der Waals surface area contributed by atoms with Crippen LogP contribution in [0.15, 0.2) is 164 Å². The average molecular weight is 577 g/mol. The Morgan fingerprint density at radius 3 is 1.51 bits per heavy atom. The predicted molar refractivity (Wildman–Crippen MR) is 192 cm³/mol. The maximum Gasteiger partial charge on any atom is 0.0541 e. The third-order valence-corrected chi connectivity index (χ3v) is 8.89. The highest BCUT2D eigenvalue weighted by atomic mass is 15.0. The van der Waals surface area contributed by atoms with E-state index >= 15 is 0 Å². The van der Waals surface area contributed by atoms with E-state index in [0.717, 1.165) is 22.5 Å². The van der Waals surface area contributed by atoms with Crippen molar-refractivity contribution in [2.75, 3.05) is 5.73 Å². The van der Waals surface area contributed by atoms with Crippen molar-refractivity contribution in [3.8, 4) is 50.2 Å². The second kappa shape index (κ2) is 11.0. The summed E-state index contributed by atoms with van der Waals surface area (Å²) in [4.78, 5) is 0. The van der Waals surface area contributed by atoms with Crippen molar-refractivity contribution in [1.29, 1.82) is 0 Å². The molecular formula is C43H32N2. The Morgan fingerprint density at radius 2 is 0.867 bits per heavy atom. The van der Waals surface area contributed by atoms with Crippen LogP contribution in [-0.2, 0) is 0 Å². The molecule has 0 spiro atoms. The zero-order valence-corrected chi connectivity index (χ0v) is 25.1. The number of nitrogen functional groups attached to an aromatic ring is 1. The minimum Gasteiger partial charge on any atom is -0.398 e. The van der Waals surface area contributed by atoms with Crippen LogP contribution in [-0.4, -0.2) is 4.57 Å². The van der Waals surface area contributed by atoms with Gasteiger partial charge >= 0.3 is 0 Å². The predicted octanol–water partition coefficient (Wildman–Crippen LogP) is 11.3. The Hall–Kier alpha value is -5.86. The SMILES string of the molecule is Cc1ccc(-c2ccc(-n3c4ccccc4c4cc(-c5ccc(-c6ccc(-c7ccccc7N)cc6)cc5)ccc43)cc2)cc1. The summed E-state index contributed by atoms with van der Waals surface area (Å²) in [6, 6.07) is 58.7. The molecule has 0 unspecified atom stereocenters. The molecule has 0 saturated carbocycles. The van der Waals surface area contributed by atoms with Crippen LogP contribution in [0.5, 0.6) is 0 Å². The molecule has 7 aromatic carbocycles. The van der Waals surface area contributed by atoms with E-state index in [9.17, 15) is 0 Å². The number of benzene rings is 7. The normalized spacial score (nSPS) is 11.3. The van der Waals surface area contributed by atoms with Gasteiger partial charge in [-0.2, -0.15) is 0 Å². The number of nitrogens with zero attached hydrogens (tertiary/aromatic N) is 1. The molecule has 0 aliphatic heterocycles. The molecule has 45 heavy (non-hydrogen) atoms. The molecule has 0 bridgehead atoms. The van der Waals surface area contributed by atoms with Crippen molar-refractivity contribution >= 4 is 27.5 Å². The number of aryl methyl sites for hydroxylation is 1. The van der Waals surface area contributed by atoms with Crippen LogP contribution in [0.25, 0.3) is 72.0 Å². The lowest BCUT2D eigenvalue weighted by Crippen LogP contribution is -1.93. The third-order valence-electron chi connectivity index (χ3n) is 8.89. The van der Waals surface area contributed by atoms with E-state index in [4.69, 9.17) is 5.73 Å². The smallest absolute Gasteiger partial charge is 0.0541 e. The van der Waals surface area contributed by atoms with Gasteiger partial charge in [-0.25, -0.2) is 0 Å². The van der Waals surface area contributed by atoms with Crippen molar-refractivity contribution in [1.82, 2.24) is 4.57 Å². The topological polar surface area (TPSA) is 30.9 Å². The summed E-state index contributed by atoms with van der Waals surface area (Å²) in [5.41, 5.74) is 21.3. The number of para-hydroxylation sites is 2. The number of hydrogen-bond acceptors (Lipinski definition) is 1. The number of rotatable bonds is 5. The zero-order valence-electron chi connectivity index (χ0n) is 25.1. The lowest BCUT2D eigenvalue weighted by molar-refractivity contribution is 1.18. The van der Waals surface area contributed by atoms with Crippen LogP contribution >= 0.6 is 0 Å². The largest absolute Gasteiger partial charge is 0.398 e. The maximum absolute atomic E-state index is 6.20. The maximum atomic E-state index is 6.20. The van der Waals surface area contributed by atoms with Gasteiger partial charge < -0.3 is 10.3 Å². The fourth-order valence-electron chi connectivity index (χ4n) is 6.44.